The number of benzene rings is 1. The summed E-state index contributed by atoms with van der Waals surface area (Å²) in [6, 6.07) is 6.42. The molecule has 3 aliphatic rings. The summed E-state index contributed by atoms with van der Waals surface area (Å²) >= 11 is 0. The fraction of sp³-hybridized carbons (Fsp3) is 0.650. The van der Waals surface area contributed by atoms with Crippen LogP contribution in [0.1, 0.15) is 50.7 Å². The quantitative estimate of drug-likeness (QED) is 0.842. The number of para-hydroxylation sites is 1. The summed E-state index contributed by atoms with van der Waals surface area (Å²) < 4.78 is 0.975. The topological polar surface area (TPSA) is 32.3 Å². The van der Waals surface area contributed by atoms with Crippen LogP contribution in [0.15, 0.2) is 18.2 Å². The Hall–Kier alpha value is -1.39. The summed E-state index contributed by atoms with van der Waals surface area (Å²) in [5.74, 6) is 0.995. The van der Waals surface area contributed by atoms with Crippen molar-refractivity contribution in [2.24, 2.45) is 0 Å². The number of hydrogen-bond acceptors (Lipinski definition) is 2. The molecule has 4 heteroatoms. The average Bonchev–Trinajstić information content (AvgIpc) is 2.55. The zero-order valence-corrected chi connectivity index (χ0v) is 15.6. The Morgan fingerprint density at radius 1 is 1.04 bits per heavy atom. The Balaban J connectivity index is 1.78. The Kier molecular flexibility index (Phi) is 4.97. The Morgan fingerprint density at radius 3 is 2.00 bits per heavy atom. The summed E-state index contributed by atoms with van der Waals surface area (Å²) in [7, 11) is 0. The van der Waals surface area contributed by atoms with E-state index >= 15 is 0 Å². The van der Waals surface area contributed by atoms with Gasteiger partial charge in [-0.1, -0.05) is 45.9 Å². The van der Waals surface area contributed by atoms with E-state index in [9.17, 15) is 4.79 Å². The predicted molar refractivity (Wildman–Crippen MR) is 99.4 cm³/mol. The maximum Gasteiger partial charge on any atom is 0.279 e. The molecule has 0 aromatic heterocycles. The number of anilines is 1. The minimum Gasteiger partial charge on any atom is -0.321 e. The van der Waals surface area contributed by atoms with Crippen LogP contribution in [0, 0.1) is 0 Å². The van der Waals surface area contributed by atoms with Crippen LogP contribution in [-0.2, 0) is 4.79 Å². The molecule has 1 N–H and O–H groups in total. The first kappa shape index (κ1) is 17.4. The first-order chi connectivity index (χ1) is 11.4. The SMILES string of the molecule is CC(C)c1cccc(C(C)C)c1NC(=O)C[N+]12CCN(CC1)CC2. The van der Waals surface area contributed by atoms with E-state index < -0.39 is 0 Å². The van der Waals surface area contributed by atoms with E-state index in [1.54, 1.807) is 0 Å². The molecule has 1 aromatic carbocycles. The van der Waals surface area contributed by atoms with E-state index in [0.717, 1.165) is 49.4 Å². The molecule has 0 atom stereocenters. The molecule has 24 heavy (non-hydrogen) atoms. The van der Waals surface area contributed by atoms with Crippen molar-refractivity contribution in [3.05, 3.63) is 29.3 Å². The Morgan fingerprint density at radius 2 is 1.54 bits per heavy atom. The molecule has 4 nitrogen and oxygen atoms in total. The van der Waals surface area contributed by atoms with Gasteiger partial charge in [-0.05, 0) is 23.0 Å². The molecule has 0 aliphatic carbocycles. The van der Waals surface area contributed by atoms with Crippen LogP contribution in [0.4, 0.5) is 5.69 Å². The highest BCUT2D eigenvalue weighted by Crippen LogP contribution is 2.32. The molecule has 3 heterocycles. The molecule has 0 radical (unpaired) electrons. The molecule has 3 aliphatic heterocycles. The van der Waals surface area contributed by atoms with Gasteiger partial charge in [0.2, 0.25) is 0 Å². The summed E-state index contributed by atoms with van der Waals surface area (Å²) in [5, 5.41) is 3.30. The standard InChI is InChI=1S/C20H31N3O/c1-15(2)17-6-5-7-18(16(3)4)20(17)21-19(24)14-23-11-8-22(9-12-23)10-13-23/h5-7,15-16H,8-14H2,1-4H3/p+1. The van der Waals surface area contributed by atoms with Crippen molar-refractivity contribution in [3.63, 3.8) is 0 Å². The minimum absolute atomic E-state index is 0.181. The van der Waals surface area contributed by atoms with Gasteiger partial charge in [-0.15, -0.1) is 0 Å². The summed E-state index contributed by atoms with van der Waals surface area (Å²) in [6.07, 6.45) is 0. The van der Waals surface area contributed by atoms with Gasteiger partial charge >= 0.3 is 0 Å². The third kappa shape index (κ3) is 3.50. The number of quaternary nitrogens is 1. The molecular formula is C20H32N3O+. The number of carbonyl (C=O) groups excluding carboxylic acids is 1. The lowest BCUT2D eigenvalue weighted by molar-refractivity contribution is -0.933. The van der Waals surface area contributed by atoms with Gasteiger partial charge in [0, 0.05) is 25.3 Å². The van der Waals surface area contributed by atoms with Crippen LogP contribution in [-0.4, -0.2) is 61.1 Å². The van der Waals surface area contributed by atoms with Gasteiger partial charge in [0.1, 0.15) is 0 Å². The highest BCUT2D eigenvalue weighted by Gasteiger charge is 2.40. The third-order valence-corrected chi connectivity index (χ3v) is 5.79. The van der Waals surface area contributed by atoms with Crippen molar-refractivity contribution in [2.75, 3.05) is 51.1 Å². The van der Waals surface area contributed by atoms with Crippen molar-refractivity contribution in [2.45, 2.75) is 39.5 Å². The maximum absolute atomic E-state index is 12.9. The molecule has 0 spiro atoms. The predicted octanol–water partition coefficient (Wildman–Crippen LogP) is 3.02. The molecule has 3 fully saturated rings. The first-order valence-electron chi connectivity index (χ1n) is 9.40. The van der Waals surface area contributed by atoms with Gasteiger partial charge in [0.05, 0.1) is 19.6 Å². The maximum atomic E-state index is 12.9. The van der Waals surface area contributed by atoms with Crippen molar-refractivity contribution < 1.29 is 9.28 Å². The second-order valence-corrected chi connectivity index (χ2v) is 8.18. The van der Waals surface area contributed by atoms with Crippen LogP contribution in [0.3, 0.4) is 0 Å². The number of amides is 1. The van der Waals surface area contributed by atoms with Gasteiger partial charge < -0.3 is 9.80 Å². The zero-order chi connectivity index (χ0) is 17.3. The fourth-order valence-corrected chi connectivity index (χ4v) is 4.15. The van der Waals surface area contributed by atoms with Crippen LogP contribution in [0.5, 0.6) is 0 Å². The minimum atomic E-state index is 0.181. The second-order valence-electron chi connectivity index (χ2n) is 8.18. The van der Waals surface area contributed by atoms with Gasteiger partial charge in [0.15, 0.2) is 6.54 Å². The molecule has 0 unspecified atom stereocenters. The molecule has 4 rings (SSSR count). The Bertz CT molecular complexity index is 561. The average molecular weight is 330 g/mol. The largest absolute Gasteiger partial charge is 0.321 e. The lowest BCUT2D eigenvalue weighted by Gasteiger charge is -2.50. The molecule has 132 valence electrons. The normalized spacial score (nSPS) is 26.2. The number of rotatable bonds is 5. The molecule has 2 bridgehead atoms. The summed E-state index contributed by atoms with van der Waals surface area (Å²) in [4.78, 5) is 15.4. The van der Waals surface area contributed by atoms with Gasteiger partial charge in [0.25, 0.3) is 5.91 Å². The molecule has 3 saturated heterocycles. The first-order valence-corrected chi connectivity index (χ1v) is 9.40. The van der Waals surface area contributed by atoms with Gasteiger partial charge in [-0.2, -0.15) is 0 Å². The highest BCUT2D eigenvalue weighted by atomic mass is 16.2. The number of carbonyl (C=O) groups is 1. The van der Waals surface area contributed by atoms with Crippen LogP contribution >= 0.6 is 0 Å². The van der Waals surface area contributed by atoms with E-state index in [2.05, 4.69) is 56.1 Å². The lowest BCUT2D eigenvalue weighted by atomic mass is 9.92. The van der Waals surface area contributed by atoms with Gasteiger partial charge in [-0.3, -0.25) is 9.69 Å². The lowest BCUT2D eigenvalue weighted by Crippen LogP contribution is -2.68. The number of nitrogens with one attached hydrogen (secondary N) is 1. The van der Waals surface area contributed by atoms with E-state index in [1.807, 2.05) is 0 Å². The molecule has 1 aromatic rings. The molecule has 1 amide bonds. The van der Waals surface area contributed by atoms with E-state index in [-0.39, 0.29) is 5.91 Å². The van der Waals surface area contributed by atoms with Crippen LogP contribution in [0.2, 0.25) is 0 Å². The Labute approximate surface area is 146 Å². The number of piperazine rings is 3. The third-order valence-electron chi connectivity index (χ3n) is 5.79. The molecule has 0 saturated carbocycles. The summed E-state index contributed by atoms with van der Waals surface area (Å²) in [5.41, 5.74) is 3.55. The van der Waals surface area contributed by atoms with Gasteiger partial charge in [-0.25, -0.2) is 0 Å². The smallest absolute Gasteiger partial charge is 0.279 e. The summed E-state index contributed by atoms with van der Waals surface area (Å²) in [6.45, 7) is 16.2. The van der Waals surface area contributed by atoms with Crippen molar-refractivity contribution in [3.8, 4) is 0 Å². The fourth-order valence-electron chi connectivity index (χ4n) is 4.15. The number of nitrogens with zero attached hydrogens (tertiary/aromatic N) is 2. The number of fused-ring (bicyclic) bond motifs is 3. The van der Waals surface area contributed by atoms with E-state index in [1.165, 1.54) is 11.1 Å². The van der Waals surface area contributed by atoms with Crippen molar-refractivity contribution >= 4 is 11.6 Å². The van der Waals surface area contributed by atoms with Crippen LogP contribution < -0.4 is 5.32 Å². The second kappa shape index (κ2) is 6.85. The van der Waals surface area contributed by atoms with Crippen molar-refractivity contribution in [1.82, 2.24) is 4.90 Å². The van der Waals surface area contributed by atoms with Crippen molar-refractivity contribution in [1.29, 1.82) is 0 Å². The molecular weight excluding hydrogens is 298 g/mol. The monoisotopic (exact) mass is 330 g/mol. The van der Waals surface area contributed by atoms with Crippen LogP contribution in [0.25, 0.3) is 0 Å². The van der Waals surface area contributed by atoms with E-state index in [0.29, 0.717) is 18.4 Å². The number of hydrogen-bond donors (Lipinski definition) is 1. The zero-order valence-electron chi connectivity index (χ0n) is 15.6. The highest BCUT2D eigenvalue weighted by molar-refractivity contribution is 5.93. The van der Waals surface area contributed by atoms with E-state index in [4.69, 9.17) is 0 Å².